The first-order chi connectivity index (χ1) is 13.3. The fourth-order valence-electron chi connectivity index (χ4n) is 2.98. The molecular weight excluding hydrogens is 342 g/mol. The third-order valence-electron chi connectivity index (χ3n) is 4.48. The molecule has 1 aliphatic rings. The number of methoxy groups -OCH3 is 1. The second-order valence-corrected chi connectivity index (χ2v) is 6.70. The Morgan fingerprint density at radius 2 is 2.07 bits per heavy atom. The average molecular weight is 378 g/mol. The van der Waals surface area contributed by atoms with Crippen molar-refractivity contribution in [2.24, 2.45) is 4.99 Å². The van der Waals surface area contributed by atoms with Gasteiger partial charge in [0.1, 0.15) is 5.75 Å². The number of aryl methyl sites for hydroxylation is 1. The molecule has 0 bridgehead atoms. The van der Waals surface area contributed by atoms with E-state index in [9.17, 15) is 0 Å². The van der Waals surface area contributed by atoms with Crippen LogP contribution in [-0.4, -0.2) is 58.6 Å². The molecule has 1 unspecified atom stereocenters. The van der Waals surface area contributed by atoms with Crippen molar-refractivity contribution in [1.82, 2.24) is 10.6 Å². The fourth-order valence-corrected chi connectivity index (χ4v) is 2.98. The van der Waals surface area contributed by atoms with E-state index in [1.165, 1.54) is 5.56 Å². The number of hydrogen-bond acceptors (Lipinski definition) is 4. The Kier molecular flexibility index (Phi) is 10.7. The van der Waals surface area contributed by atoms with Crippen LogP contribution in [0.3, 0.4) is 0 Å². The summed E-state index contributed by atoms with van der Waals surface area (Å²) in [5.41, 5.74) is 1.31. The van der Waals surface area contributed by atoms with E-state index in [0.29, 0.717) is 6.10 Å². The van der Waals surface area contributed by atoms with Gasteiger partial charge in [0.25, 0.3) is 0 Å². The molecular formula is C21H35N3O3. The van der Waals surface area contributed by atoms with Gasteiger partial charge in [0, 0.05) is 32.8 Å². The Morgan fingerprint density at radius 1 is 1.22 bits per heavy atom. The normalized spacial score (nSPS) is 17.1. The zero-order chi connectivity index (χ0) is 19.2. The summed E-state index contributed by atoms with van der Waals surface area (Å²) in [6.45, 7) is 6.96. The molecule has 2 N–H and O–H groups in total. The van der Waals surface area contributed by atoms with Crippen LogP contribution in [0.15, 0.2) is 29.3 Å². The van der Waals surface area contributed by atoms with Crippen molar-refractivity contribution in [2.75, 3.05) is 46.6 Å². The average Bonchev–Trinajstić information content (AvgIpc) is 3.21. The minimum absolute atomic E-state index is 0.308. The van der Waals surface area contributed by atoms with Crippen LogP contribution in [-0.2, 0) is 15.9 Å². The number of rotatable bonds is 12. The van der Waals surface area contributed by atoms with Crippen LogP contribution in [0.4, 0.5) is 0 Å². The summed E-state index contributed by atoms with van der Waals surface area (Å²) < 4.78 is 16.4. The minimum Gasteiger partial charge on any atom is -0.497 e. The Balaban J connectivity index is 1.56. The standard InChI is InChI=1S/C21H35N3O3/c1-3-22-21(24-14-6-15-26-17-20-8-5-16-27-20)23-13-4-7-18-9-11-19(25-2)12-10-18/h9-12,20H,3-8,13-17H2,1-2H3,(H2,22,23,24). The number of nitrogens with zero attached hydrogens (tertiary/aromatic N) is 1. The molecule has 0 aliphatic carbocycles. The summed E-state index contributed by atoms with van der Waals surface area (Å²) in [6.07, 6.45) is 5.60. The van der Waals surface area contributed by atoms with E-state index in [1.807, 2.05) is 12.1 Å². The zero-order valence-corrected chi connectivity index (χ0v) is 16.8. The fraction of sp³-hybridized carbons (Fsp3) is 0.667. The molecule has 1 heterocycles. The summed E-state index contributed by atoms with van der Waals surface area (Å²) >= 11 is 0. The first-order valence-corrected chi connectivity index (χ1v) is 10.2. The van der Waals surface area contributed by atoms with Crippen molar-refractivity contribution in [2.45, 2.75) is 45.1 Å². The summed E-state index contributed by atoms with van der Waals surface area (Å²) in [5.74, 6) is 1.78. The van der Waals surface area contributed by atoms with Crippen molar-refractivity contribution in [3.05, 3.63) is 29.8 Å². The first kappa shape index (κ1) is 21.5. The highest BCUT2D eigenvalue weighted by atomic mass is 16.5. The predicted octanol–water partition coefficient (Wildman–Crippen LogP) is 2.77. The summed E-state index contributed by atoms with van der Waals surface area (Å²) in [4.78, 5) is 4.65. The molecule has 1 aliphatic heterocycles. The molecule has 1 aromatic carbocycles. The van der Waals surface area contributed by atoms with Gasteiger partial charge >= 0.3 is 0 Å². The van der Waals surface area contributed by atoms with Crippen molar-refractivity contribution < 1.29 is 14.2 Å². The lowest BCUT2D eigenvalue weighted by Crippen LogP contribution is -2.38. The Hall–Kier alpha value is -1.79. The largest absolute Gasteiger partial charge is 0.497 e. The molecule has 0 aromatic heterocycles. The molecule has 0 radical (unpaired) electrons. The number of benzene rings is 1. The molecule has 2 rings (SSSR count). The number of nitrogens with one attached hydrogen (secondary N) is 2. The van der Waals surface area contributed by atoms with Gasteiger partial charge in [-0.15, -0.1) is 0 Å². The number of guanidine groups is 1. The molecule has 0 saturated carbocycles. The van der Waals surface area contributed by atoms with E-state index in [2.05, 4.69) is 34.7 Å². The minimum atomic E-state index is 0.308. The van der Waals surface area contributed by atoms with Gasteiger partial charge < -0.3 is 24.8 Å². The molecule has 1 fully saturated rings. The third kappa shape index (κ3) is 9.11. The Morgan fingerprint density at radius 3 is 2.78 bits per heavy atom. The second kappa shape index (κ2) is 13.4. The van der Waals surface area contributed by atoms with E-state index in [4.69, 9.17) is 14.2 Å². The van der Waals surface area contributed by atoms with Crippen LogP contribution in [0.5, 0.6) is 5.75 Å². The van der Waals surface area contributed by atoms with E-state index >= 15 is 0 Å². The van der Waals surface area contributed by atoms with Crippen LogP contribution in [0, 0.1) is 0 Å². The molecule has 0 spiro atoms. The van der Waals surface area contributed by atoms with Crippen LogP contribution in [0.2, 0.25) is 0 Å². The number of ether oxygens (including phenoxy) is 3. The van der Waals surface area contributed by atoms with Gasteiger partial charge in [0.15, 0.2) is 5.96 Å². The van der Waals surface area contributed by atoms with E-state index < -0.39 is 0 Å². The second-order valence-electron chi connectivity index (χ2n) is 6.70. The topological polar surface area (TPSA) is 64.1 Å². The monoisotopic (exact) mass is 377 g/mol. The lowest BCUT2D eigenvalue weighted by molar-refractivity contribution is 0.0168. The highest BCUT2D eigenvalue weighted by molar-refractivity contribution is 5.79. The van der Waals surface area contributed by atoms with Crippen molar-refractivity contribution >= 4 is 5.96 Å². The van der Waals surface area contributed by atoms with Gasteiger partial charge in [0.2, 0.25) is 0 Å². The van der Waals surface area contributed by atoms with Crippen molar-refractivity contribution in [3.8, 4) is 5.75 Å². The number of aliphatic imine (C=N–C) groups is 1. The molecule has 0 amide bonds. The van der Waals surface area contributed by atoms with Gasteiger partial charge in [-0.2, -0.15) is 0 Å². The molecule has 6 nitrogen and oxygen atoms in total. The third-order valence-corrected chi connectivity index (χ3v) is 4.48. The van der Waals surface area contributed by atoms with Crippen molar-refractivity contribution in [3.63, 3.8) is 0 Å². The van der Waals surface area contributed by atoms with E-state index in [1.54, 1.807) is 7.11 Å². The summed E-state index contributed by atoms with van der Waals surface area (Å²) in [5, 5.41) is 6.67. The van der Waals surface area contributed by atoms with Gasteiger partial charge in [-0.3, -0.25) is 4.99 Å². The molecule has 27 heavy (non-hydrogen) atoms. The molecule has 1 saturated heterocycles. The summed E-state index contributed by atoms with van der Waals surface area (Å²) in [7, 11) is 1.69. The maximum Gasteiger partial charge on any atom is 0.191 e. The molecule has 152 valence electrons. The van der Waals surface area contributed by atoms with Crippen LogP contribution in [0.25, 0.3) is 0 Å². The highest BCUT2D eigenvalue weighted by Crippen LogP contribution is 2.13. The van der Waals surface area contributed by atoms with Crippen molar-refractivity contribution in [1.29, 1.82) is 0 Å². The molecule has 1 atom stereocenters. The molecule has 1 aromatic rings. The maximum absolute atomic E-state index is 5.69. The predicted molar refractivity (Wildman–Crippen MR) is 110 cm³/mol. The molecule has 6 heteroatoms. The Labute approximate surface area is 163 Å². The zero-order valence-electron chi connectivity index (χ0n) is 16.8. The number of hydrogen-bond donors (Lipinski definition) is 2. The van der Waals surface area contributed by atoms with Crippen LogP contribution < -0.4 is 15.4 Å². The summed E-state index contributed by atoms with van der Waals surface area (Å²) in [6, 6.07) is 8.24. The maximum atomic E-state index is 5.69. The van der Waals surface area contributed by atoms with Gasteiger partial charge in [-0.25, -0.2) is 0 Å². The first-order valence-electron chi connectivity index (χ1n) is 10.2. The lowest BCUT2D eigenvalue weighted by atomic mass is 10.1. The van der Waals surface area contributed by atoms with Gasteiger partial charge in [-0.05, 0) is 56.7 Å². The highest BCUT2D eigenvalue weighted by Gasteiger charge is 2.14. The van der Waals surface area contributed by atoms with Crippen LogP contribution >= 0.6 is 0 Å². The van der Waals surface area contributed by atoms with E-state index in [0.717, 1.165) is 83.3 Å². The lowest BCUT2D eigenvalue weighted by Gasteiger charge is -2.12. The SMILES string of the molecule is CCNC(=NCCCc1ccc(OC)cc1)NCCCOCC1CCCO1. The van der Waals surface area contributed by atoms with Crippen LogP contribution in [0.1, 0.15) is 38.2 Å². The van der Waals surface area contributed by atoms with E-state index in [-0.39, 0.29) is 0 Å². The quantitative estimate of drug-likeness (QED) is 0.333. The Bertz CT molecular complexity index is 528. The van der Waals surface area contributed by atoms with Gasteiger partial charge in [-0.1, -0.05) is 12.1 Å². The van der Waals surface area contributed by atoms with Gasteiger partial charge in [0.05, 0.1) is 19.8 Å². The smallest absolute Gasteiger partial charge is 0.191 e.